The van der Waals surface area contributed by atoms with Crippen LogP contribution in [0.4, 0.5) is 0 Å². The van der Waals surface area contributed by atoms with Crippen LogP contribution >= 0.6 is 24.8 Å². The average molecular weight is 316 g/mol. The number of carbonyl (C=O) groups is 1. The summed E-state index contributed by atoms with van der Waals surface area (Å²) in [4.78, 5) is 13.9. The molecule has 0 aromatic rings. The predicted octanol–water partition coefficient (Wildman–Crippen LogP) is 0.794. The van der Waals surface area contributed by atoms with Gasteiger partial charge in [0.15, 0.2) is 0 Å². The Labute approximate surface area is 128 Å². The number of ether oxygens (including phenoxy) is 1. The standard InChI is InChI=1S/C12H25N3O2.2ClH/c1-10-5-3-4-7-15(10)8-6-14-12(16)11(13)9-17-2;;/h10-11H,3-9,13H2,1-2H3,(H,14,16);2*1H. The maximum absolute atomic E-state index is 11.5. The molecule has 1 heterocycles. The lowest BCUT2D eigenvalue weighted by atomic mass is 10.0. The Hall–Kier alpha value is -0.0700. The molecule has 0 bridgehead atoms. The van der Waals surface area contributed by atoms with Crippen LogP contribution in [0.2, 0.25) is 0 Å². The first kappa shape index (κ1) is 21.2. The Morgan fingerprint density at radius 1 is 1.47 bits per heavy atom. The fourth-order valence-electron chi connectivity index (χ4n) is 2.20. The molecule has 116 valence electrons. The lowest BCUT2D eigenvalue weighted by Gasteiger charge is -2.33. The second kappa shape index (κ2) is 11.7. The maximum atomic E-state index is 11.5. The number of rotatable bonds is 6. The van der Waals surface area contributed by atoms with Crippen molar-refractivity contribution >= 4 is 30.7 Å². The van der Waals surface area contributed by atoms with Crippen LogP contribution in [-0.4, -0.2) is 56.2 Å². The Morgan fingerprint density at radius 3 is 2.74 bits per heavy atom. The van der Waals surface area contributed by atoms with E-state index in [2.05, 4.69) is 17.1 Å². The molecule has 0 saturated carbocycles. The minimum absolute atomic E-state index is 0. The van der Waals surface area contributed by atoms with Crippen LogP contribution in [0.15, 0.2) is 0 Å². The number of methoxy groups -OCH3 is 1. The lowest BCUT2D eigenvalue weighted by molar-refractivity contribution is -0.123. The van der Waals surface area contributed by atoms with Crippen molar-refractivity contribution in [3.05, 3.63) is 0 Å². The van der Waals surface area contributed by atoms with Gasteiger partial charge in [-0.25, -0.2) is 0 Å². The van der Waals surface area contributed by atoms with Crippen LogP contribution in [0.25, 0.3) is 0 Å². The topological polar surface area (TPSA) is 67.6 Å². The third-order valence-electron chi connectivity index (χ3n) is 3.32. The Balaban J connectivity index is 0. The molecule has 7 heteroatoms. The van der Waals surface area contributed by atoms with E-state index in [9.17, 15) is 4.79 Å². The predicted molar refractivity (Wildman–Crippen MR) is 82.2 cm³/mol. The second-order valence-corrected chi connectivity index (χ2v) is 4.73. The molecule has 1 fully saturated rings. The van der Waals surface area contributed by atoms with Crippen LogP contribution in [0.5, 0.6) is 0 Å². The number of nitrogens with two attached hydrogens (primary N) is 1. The summed E-state index contributed by atoms with van der Waals surface area (Å²) in [6.45, 7) is 5.23. The number of nitrogens with zero attached hydrogens (tertiary/aromatic N) is 1. The summed E-state index contributed by atoms with van der Waals surface area (Å²) in [5, 5.41) is 2.85. The molecular weight excluding hydrogens is 289 g/mol. The molecule has 1 aliphatic heterocycles. The zero-order valence-corrected chi connectivity index (χ0v) is 13.4. The molecule has 1 aliphatic rings. The first-order valence-corrected chi connectivity index (χ1v) is 6.41. The Morgan fingerprint density at radius 2 is 2.16 bits per heavy atom. The molecule has 0 radical (unpaired) electrons. The number of piperidine rings is 1. The van der Waals surface area contributed by atoms with Crippen molar-refractivity contribution in [3.63, 3.8) is 0 Å². The Kier molecular flexibility index (Phi) is 13.1. The second-order valence-electron chi connectivity index (χ2n) is 4.73. The first-order chi connectivity index (χ1) is 8.15. The molecule has 0 aliphatic carbocycles. The SMILES string of the molecule is COCC(N)C(=O)NCCN1CCCCC1C.Cl.Cl. The van der Waals surface area contributed by atoms with Gasteiger partial charge in [0.25, 0.3) is 0 Å². The van der Waals surface area contributed by atoms with Crippen molar-refractivity contribution in [1.29, 1.82) is 0 Å². The number of hydrogen-bond donors (Lipinski definition) is 2. The van der Waals surface area contributed by atoms with Crippen molar-refractivity contribution in [3.8, 4) is 0 Å². The van der Waals surface area contributed by atoms with Gasteiger partial charge < -0.3 is 15.8 Å². The van der Waals surface area contributed by atoms with Gasteiger partial charge in [-0.2, -0.15) is 0 Å². The number of hydrogen-bond acceptors (Lipinski definition) is 4. The third-order valence-corrected chi connectivity index (χ3v) is 3.32. The monoisotopic (exact) mass is 315 g/mol. The van der Waals surface area contributed by atoms with Crippen molar-refractivity contribution in [2.75, 3.05) is 33.4 Å². The van der Waals surface area contributed by atoms with E-state index < -0.39 is 6.04 Å². The number of likely N-dealkylation sites (tertiary alicyclic amines) is 1. The zero-order valence-electron chi connectivity index (χ0n) is 11.8. The van der Waals surface area contributed by atoms with E-state index in [-0.39, 0.29) is 37.3 Å². The summed E-state index contributed by atoms with van der Waals surface area (Å²) < 4.78 is 4.84. The minimum Gasteiger partial charge on any atom is -0.383 e. The minimum atomic E-state index is -0.557. The van der Waals surface area contributed by atoms with Crippen molar-refractivity contribution in [1.82, 2.24) is 10.2 Å². The summed E-state index contributed by atoms with van der Waals surface area (Å²) in [6, 6.07) is 0.0760. The molecule has 3 N–H and O–H groups in total. The number of nitrogens with one attached hydrogen (secondary N) is 1. The molecule has 2 atom stereocenters. The molecule has 19 heavy (non-hydrogen) atoms. The highest BCUT2D eigenvalue weighted by Crippen LogP contribution is 2.15. The smallest absolute Gasteiger partial charge is 0.239 e. The van der Waals surface area contributed by atoms with Gasteiger partial charge in [0.05, 0.1) is 6.61 Å². The fourth-order valence-corrected chi connectivity index (χ4v) is 2.20. The summed E-state index contributed by atoms with van der Waals surface area (Å²) in [5.41, 5.74) is 5.62. The first-order valence-electron chi connectivity index (χ1n) is 6.41. The van der Waals surface area contributed by atoms with Crippen molar-refractivity contribution in [2.45, 2.75) is 38.3 Å². The summed E-state index contributed by atoms with van der Waals surface area (Å²) in [6.07, 6.45) is 3.85. The molecular formula is C12H27Cl2N3O2. The maximum Gasteiger partial charge on any atom is 0.239 e. The Bertz CT molecular complexity index is 245. The lowest BCUT2D eigenvalue weighted by Crippen LogP contribution is -2.47. The van der Waals surface area contributed by atoms with Crippen LogP contribution in [0.3, 0.4) is 0 Å². The summed E-state index contributed by atoms with van der Waals surface area (Å²) in [5.74, 6) is -0.128. The van der Waals surface area contributed by atoms with Gasteiger partial charge >= 0.3 is 0 Å². The molecule has 1 rings (SSSR count). The highest BCUT2D eigenvalue weighted by molar-refractivity contribution is 5.85. The largest absolute Gasteiger partial charge is 0.383 e. The quantitative estimate of drug-likeness (QED) is 0.760. The van der Waals surface area contributed by atoms with E-state index in [0.29, 0.717) is 12.6 Å². The van der Waals surface area contributed by atoms with Crippen LogP contribution in [-0.2, 0) is 9.53 Å². The molecule has 1 amide bonds. The van der Waals surface area contributed by atoms with Gasteiger partial charge in [0, 0.05) is 26.2 Å². The fraction of sp³-hybridized carbons (Fsp3) is 0.917. The van der Waals surface area contributed by atoms with Gasteiger partial charge in [-0.1, -0.05) is 6.42 Å². The molecule has 0 spiro atoms. The zero-order chi connectivity index (χ0) is 12.7. The van der Waals surface area contributed by atoms with Crippen molar-refractivity contribution < 1.29 is 9.53 Å². The van der Waals surface area contributed by atoms with E-state index in [1.54, 1.807) is 7.11 Å². The van der Waals surface area contributed by atoms with Gasteiger partial charge in [-0.3, -0.25) is 9.69 Å². The van der Waals surface area contributed by atoms with Crippen LogP contribution < -0.4 is 11.1 Å². The van der Waals surface area contributed by atoms with E-state index in [0.717, 1.165) is 13.1 Å². The highest BCUT2D eigenvalue weighted by Gasteiger charge is 2.18. The molecule has 0 aromatic heterocycles. The van der Waals surface area contributed by atoms with E-state index in [1.807, 2.05) is 0 Å². The molecule has 0 aromatic carbocycles. The normalized spacial score (nSPS) is 20.9. The van der Waals surface area contributed by atoms with Gasteiger partial charge in [-0.15, -0.1) is 24.8 Å². The van der Waals surface area contributed by atoms with Crippen LogP contribution in [0.1, 0.15) is 26.2 Å². The molecule has 5 nitrogen and oxygen atoms in total. The number of amides is 1. The number of carbonyl (C=O) groups excluding carboxylic acids is 1. The van der Waals surface area contributed by atoms with Gasteiger partial charge in [-0.05, 0) is 26.3 Å². The van der Waals surface area contributed by atoms with E-state index >= 15 is 0 Å². The van der Waals surface area contributed by atoms with E-state index in [4.69, 9.17) is 10.5 Å². The van der Waals surface area contributed by atoms with Crippen molar-refractivity contribution in [2.24, 2.45) is 5.73 Å². The summed E-state index contributed by atoms with van der Waals surface area (Å²) >= 11 is 0. The van der Waals surface area contributed by atoms with Crippen LogP contribution in [0, 0.1) is 0 Å². The average Bonchev–Trinajstić information content (AvgIpc) is 2.31. The van der Waals surface area contributed by atoms with Gasteiger partial charge in [0.2, 0.25) is 5.91 Å². The highest BCUT2D eigenvalue weighted by atomic mass is 35.5. The number of halogens is 2. The third kappa shape index (κ3) is 7.95. The summed E-state index contributed by atoms with van der Waals surface area (Å²) in [7, 11) is 1.54. The molecule has 1 saturated heterocycles. The van der Waals surface area contributed by atoms with E-state index in [1.165, 1.54) is 19.3 Å². The van der Waals surface area contributed by atoms with Gasteiger partial charge in [0.1, 0.15) is 6.04 Å². The molecule has 2 unspecified atom stereocenters.